The molecule has 0 saturated heterocycles. The monoisotopic (exact) mass is 384 g/mol. The first kappa shape index (κ1) is 18.4. The number of benzene rings is 3. The molecule has 3 rings (SSSR count). The molecule has 3 aromatic carbocycles. The number of carbonyl (C=O) groups is 1. The summed E-state index contributed by atoms with van der Waals surface area (Å²) < 4.78 is 5.94. The number of carboxylic acid groups (broad SMARTS) is 1. The molecule has 0 aliphatic heterocycles. The van der Waals surface area contributed by atoms with Gasteiger partial charge in [0, 0.05) is 9.92 Å². The number of ether oxygens (including phenoxy) is 1. The Bertz CT molecular complexity index is 866. The minimum atomic E-state index is -0.862. The third kappa shape index (κ3) is 5.04. The van der Waals surface area contributed by atoms with Gasteiger partial charge in [-0.3, -0.25) is 4.79 Å². The number of thioether (sulfide) groups is 1. The SMILES string of the molecule is O=C(O)[C@H](Cc1ccccc1Oc1ccccc1)Sc1ccc(Cl)cc1. The highest BCUT2D eigenvalue weighted by molar-refractivity contribution is 8.00. The van der Waals surface area contributed by atoms with Crippen molar-refractivity contribution in [2.45, 2.75) is 16.6 Å². The first-order chi connectivity index (χ1) is 12.6. The highest BCUT2D eigenvalue weighted by atomic mass is 35.5. The van der Waals surface area contributed by atoms with E-state index in [0.29, 0.717) is 17.2 Å². The van der Waals surface area contributed by atoms with Gasteiger partial charge in [0.1, 0.15) is 16.7 Å². The Morgan fingerprint density at radius 1 is 0.962 bits per heavy atom. The molecule has 0 aliphatic carbocycles. The molecule has 132 valence electrons. The Morgan fingerprint density at radius 3 is 2.31 bits per heavy atom. The van der Waals surface area contributed by atoms with E-state index in [4.69, 9.17) is 16.3 Å². The topological polar surface area (TPSA) is 46.5 Å². The lowest BCUT2D eigenvalue weighted by Gasteiger charge is -2.15. The van der Waals surface area contributed by atoms with E-state index >= 15 is 0 Å². The Morgan fingerprint density at radius 2 is 1.62 bits per heavy atom. The summed E-state index contributed by atoms with van der Waals surface area (Å²) in [5.74, 6) is 0.526. The fraction of sp³-hybridized carbons (Fsp3) is 0.0952. The molecule has 3 aromatic rings. The molecule has 1 N–H and O–H groups in total. The van der Waals surface area contributed by atoms with E-state index in [1.807, 2.05) is 66.7 Å². The quantitative estimate of drug-likeness (QED) is 0.513. The number of para-hydroxylation sites is 2. The van der Waals surface area contributed by atoms with E-state index in [1.54, 1.807) is 12.1 Å². The van der Waals surface area contributed by atoms with E-state index in [-0.39, 0.29) is 0 Å². The second-order valence-electron chi connectivity index (χ2n) is 5.63. The van der Waals surface area contributed by atoms with Gasteiger partial charge in [-0.15, -0.1) is 11.8 Å². The molecule has 0 unspecified atom stereocenters. The van der Waals surface area contributed by atoms with Gasteiger partial charge in [0.05, 0.1) is 0 Å². The number of carboxylic acids is 1. The van der Waals surface area contributed by atoms with Crippen molar-refractivity contribution in [3.8, 4) is 11.5 Å². The van der Waals surface area contributed by atoms with Crippen molar-refractivity contribution in [3.05, 3.63) is 89.4 Å². The number of aliphatic carboxylic acids is 1. The van der Waals surface area contributed by atoms with Gasteiger partial charge in [0.25, 0.3) is 0 Å². The van der Waals surface area contributed by atoms with Crippen LogP contribution in [-0.4, -0.2) is 16.3 Å². The van der Waals surface area contributed by atoms with Crippen molar-refractivity contribution in [1.29, 1.82) is 0 Å². The predicted molar refractivity (Wildman–Crippen MR) is 105 cm³/mol. The van der Waals surface area contributed by atoms with Gasteiger partial charge < -0.3 is 9.84 Å². The number of rotatable bonds is 7. The fourth-order valence-corrected chi connectivity index (χ4v) is 3.56. The molecule has 1 atom stereocenters. The first-order valence-corrected chi connectivity index (χ1v) is 9.33. The summed E-state index contributed by atoms with van der Waals surface area (Å²) >= 11 is 7.20. The predicted octanol–water partition coefficient (Wildman–Crippen LogP) is 5.92. The smallest absolute Gasteiger partial charge is 0.317 e. The molecule has 5 heteroatoms. The zero-order valence-electron chi connectivity index (χ0n) is 13.8. The van der Waals surface area contributed by atoms with Crippen LogP contribution >= 0.6 is 23.4 Å². The zero-order chi connectivity index (χ0) is 18.4. The van der Waals surface area contributed by atoms with Crippen LogP contribution in [0.3, 0.4) is 0 Å². The van der Waals surface area contributed by atoms with Crippen LogP contribution in [0.1, 0.15) is 5.56 Å². The lowest BCUT2D eigenvalue weighted by Crippen LogP contribution is -2.19. The number of hydrogen-bond donors (Lipinski definition) is 1. The summed E-state index contributed by atoms with van der Waals surface area (Å²) in [7, 11) is 0. The van der Waals surface area contributed by atoms with Crippen LogP contribution in [0.2, 0.25) is 5.02 Å². The van der Waals surface area contributed by atoms with Gasteiger partial charge in [-0.05, 0) is 54.4 Å². The Hall–Kier alpha value is -2.43. The van der Waals surface area contributed by atoms with E-state index in [0.717, 1.165) is 16.2 Å². The minimum absolute atomic E-state index is 0.353. The molecule has 0 aliphatic rings. The Balaban J connectivity index is 1.79. The van der Waals surface area contributed by atoms with Crippen LogP contribution in [0.25, 0.3) is 0 Å². The van der Waals surface area contributed by atoms with Gasteiger partial charge >= 0.3 is 5.97 Å². The molecule has 0 bridgehead atoms. The molecule has 0 aromatic heterocycles. The van der Waals surface area contributed by atoms with E-state index in [1.165, 1.54) is 11.8 Å². The largest absolute Gasteiger partial charge is 0.480 e. The van der Waals surface area contributed by atoms with Crippen molar-refractivity contribution in [2.24, 2.45) is 0 Å². The van der Waals surface area contributed by atoms with E-state index < -0.39 is 11.2 Å². The first-order valence-electron chi connectivity index (χ1n) is 8.07. The van der Waals surface area contributed by atoms with E-state index in [9.17, 15) is 9.90 Å². The number of hydrogen-bond acceptors (Lipinski definition) is 3. The van der Waals surface area contributed by atoms with Gasteiger partial charge in [-0.1, -0.05) is 48.0 Å². The van der Waals surface area contributed by atoms with Gasteiger partial charge in [-0.25, -0.2) is 0 Å². The average molecular weight is 385 g/mol. The Kier molecular flexibility index (Phi) is 6.21. The van der Waals surface area contributed by atoms with Crippen LogP contribution < -0.4 is 4.74 Å². The van der Waals surface area contributed by atoms with Crippen LogP contribution in [0.5, 0.6) is 11.5 Å². The maximum Gasteiger partial charge on any atom is 0.317 e. The average Bonchev–Trinajstić information content (AvgIpc) is 2.65. The summed E-state index contributed by atoms with van der Waals surface area (Å²) in [4.78, 5) is 12.6. The molecule has 0 amide bonds. The lowest BCUT2D eigenvalue weighted by molar-refractivity contribution is -0.136. The van der Waals surface area contributed by atoms with E-state index in [2.05, 4.69) is 0 Å². The van der Waals surface area contributed by atoms with Crippen molar-refractivity contribution in [1.82, 2.24) is 0 Å². The summed E-state index contributed by atoms with van der Waals surface area (Å²) in [6, 6.07) is 24.1. The van der Waals surface area contributed by atoms with Crippen LogP contribution in [0.4, 0.5) is 0 Å². The second kappa shape index (κ2) is 8.79. The summed E-state index contributed by atoms with van der Waals surface area (Å²) in [5, 5.41) is 9.64. The van der Waals surface area contributed by atoms with Gasteiger partial charge in [0.15, 0.2) is 0 Å². The standard InChI is InChI=1S/C21H17ClO3S/c22-16-10-12-18(13-11-16)26-20(21(23)24)14-15-6-4-5-9-19(15)25-17-7-2-1-3-8-17/h1-13,20H,14H2,(H,23,24)/t20-/m0/s1. The van der Waals surface area contributed by atoms with Crippen molar-refractivity contribution < 1.29 is 14.6 Å². The van der Waals surface area contributed by atoms with Crippen molar-refractivity contribution >= 4 is 29.3 Å². The molecule has 0 saturated carbocycles. The zero-order valence-corrected chi connectivity index (χ0v) is 15.4. The van der Waals surface area contributed by atoms with Crippen LogP contribution in [0, 0.1) is 0 Å². The van der Waals surface area contributed by atoms with Crippen LogP contribution in [0.15, 0.2) is 83.8 Å². The third-order valence-corrected chi connectivity index (χ3v) is 5.17. The highest BCUT2D eigenvalue weighted by Crippen LogP contribution is 2.31. The van der Waals surface area contributed by atoms with Gasteiger partial charge in [-0.2, -0.15) is 0 Å². The summed E-state index contributed by atoms with van der Waals surface area (Å²) in [5.41, 5.74) is 0.852. The van der Waals surface area contributed by atoms with Crippen molar-refractivity contribution in [3.63, 3.8) is 0 Å². The molecule has 0 fully saturated rings. The molecule has 0 heterocycles. The number of halogens is 1. The molecular weight excluding hydrogens is 368 g/mol. The normalized spacial score (nSPS) is 11.7. The van der Waals surface area contributed by atoms with Crippen LogP contribution in [-0.2, 0) is 11.2 Å². The molecule has 26 heavy (non-hydrogen) atoms. The molecule has 3 nitrogen and oxygen atoms in total. The molecular formula is C21H17ClO3S. The van der Waals surface area contributed by atoms with Crippen molar-refractivity contribution in [2.75, 3.05) is 0 Å². The maximum absolute atomic E-state index is 11.8. The highest BCUT2D eigenvalue weighted by Gasteiger charge is 2.21. The third-order valence-electron chi connectivity index (χ3n) is 3.72. The Labute approximate surface area is 161 Å². The minimum Gasteiger partial charge on any atom is -0.480 e. The summed E-state index contributed by atoms with van der Waals surface area (Å²) in [6.07, 6.45) is 0.353. The maximum atomic E-state index is 11.8. The fourth-order valence-electron chi connectivity index (χ4n) is 2.44. The molecule has 0 radical (unpaired) electrons. The molecule has 0 spiro atoms. The van der Waals surface area contributed by atoms with Gasteiger partial charge in [0.2, 0.25) is 0 Å². The lowest BCUT2D eigenvalue weighted by atomic mass is 10.1. The summed E-state index contributed by atoms with van der Waals surface area (Å²) in [6.45, 7) is 0. The second-order valence-corrected chi connectivity index (χ2v) is 7.34.